The van der Waals surface area contributed by atoms with E-state index in [1.807, 2.05) is 20.8 Å². The van der Waals surface area contributed by atoms with Crippen molar-refractivity contribution in [2.24, 2.45) is 35.5 Å². The molecule has 3 rings (SSSR count). The molecule has 0 bridgehead atoms. The summed E-state index contributed by atoms with van der Waals surface area (Å²) in [6, 6.07) is 10.2. The average molecular weight is 2020 g/mol. The maximum Gasteiger partial charge on any atom is 0.335 e. The Balaban J connectivity index is 0.0000526. The molecule has 808 valence electrons. The monoisotopic (exact) mass is 2020 g/mol. The number of esters is 1. The van der Waals surface area contributed by atoms with Crippen LogP contribution in [-0.4, -0.2) is 280 Å². The van der Waals surface area contributed by atoms with E-state index in [1.165, 1.54) is 43.7 Å². The lowest BCUT2D eigenvalue weighted by atomic mass is 9.83. The zero-order valence-electron chi connectivity index (χ0n) is 85.0. The molecule has 1 heterocycles. The maximum atomic E-state index is 14.6. The standard InChI is InChI=1S/C104H162N8O31.2H2/c1-7-75(5)88(8-2)99(124)112-98(74(3)4)104(133)143-92(67-82-68-105-73-110-82)91(118)66-80(31-22-24-49-107-96(122)71-139-63-59-135-53-28-34-85(116)69-138-61-60-136-57-51-109-93(119)47-40-81(102(129)130)64-84(115)32-19-15-11-9-13-17-25-55-141-86-42-36-77(37-43-86)100(125)126)90(117)65-79(76(6)113)30-21-23-48-106-95(121)70-137-54-29-50-108-97(123)72-140-62-58-134-52-27-33-83(114)41-46-89(103(131)132)111-94(120)35-20-16-12-10-14-18-26-56-142-87-44-38-78(39-45-87)101(127)128;;/h36-39,42-45,68,73-75,79-81,88-89,92,98H,7-35,40-41,46-67,69-72H2,1-6H3,(H,105,110)(H,106,121)(H,107,122)(H,108,123)(H,109,119)(H,111,120)(H,112,124)(H,125,126)(H,127,128)(H,129,130)(H,131,132);2*1H/t75-,79+,80+,81+,88-,89-,92-,98-;;/m0../s1. The van der Waals surface area contributed by atoms with Gasteiger partial charge in [0, 0.05) is 143 Å². The van der Waals surface area contributed by atoms with Crippen molar-refractivity contribution >= 4 is 100.0 Å². The number of unbranched alkanes of at least 4 members (excludes halogenated alkanes) is 14. The number of rotatable bonds is 94. The molecule has 0 fully saturated rings. The topological polar surface area (TPSA) is 564 Å². The van der Waals surface area contributed by atoms with E-state index in [0.29, 0.717) is 101 Å². The Bertz CT molecular complexity index is 4200. The van der Waals surface area contributed by atoms with Crippen LogP contribution in [0, 0.1) is 35.5 Å². The van der Waals surface area contributed by atoms with E-state index in [4.69, 9.17) is 57.6 Å². The van der Waals surface area contributed by atoms with Gasteiger partial charge >= 0.3 is 29.8 Å². The number of nitrogens with one attached hydrogen (secondary N) is 7. The minimum Gasteiger partial charge on any atom is -0.494 e. The van der Waals surface area contributed by atoms with Crippen molar-refractivity contribution in [3.8, 4) is 11.5 Å². The van der Waals surface area contributed by atoms with Gasteiger partial charge in [-0.25, -0.2) is 24.2 Å². The van der Waals surface area contributed by atoms with Gasteiger partial charge in [-0.15, -0.1) is 0 Å². The zero-order valence-corrected chi connectivity index (χ0v) is 85.0. The Morgan fingerprint density at radius 3 is 1.34 bits per heavy atom. The third-order valence-electron chi connectivity index (χ3n) is 24.1. The Morgan fingerprint density at radius 1 is 0.385 bits per heavy atom. The third-order valence-corrected chi connectivity index (χ3v) is 24.1. The van der Waals surface area contributed by atoms with Gasteiger partial charge in [0.1, 0.15) is 73.1 Å². The maximum absolute atomic E-state index is 14.6. The van der Waals surface area contributed by atoms with E-state index in [0.717, 1.165) is 83.5 Å². The summed E-state index contributed by atoms with van der Waals surface area (Å²) >= 11 is 0. The number of H-pyrrole nitrogens is 1. The highest BCUT2D eigenvalue weighted by atomic mass is 16.6. The lowest BCUT2D eigenvalue weighted by Crippen LogP contribution is -2.49. The number of Topliss-reactive ketones (excluding diaryl/α,β-unsaturated/α-hetero) is 6. The lowest BCUT2D eigenvalue weighted by molar-refractivity contribution is -0.160. The Hall–Kier alpha value is -10.8. The number of ketones is 6. The fraction of sp³-hybridized carbons (Fsp3) is 0.692. The molecule has 3 aromatic rings. The molecule has 143 heavy (non-hydrogen) atoms. The highest BCUT2D eigenvalue weighted by Crippen LogP contribution is 2.27. The number of aromatic amines is 1. The van der Waals surface area contributed by atoms with Crippen molar-refractivity contribution in [1.29, 1.82) is 0 Å². The highest BCUT2D eigenvalue weighted by molar-refractivity contribution is 5.95. The van der Waals surface area contributed by atoms with E-state index in [1.54, 1.807) is 38.1 Å². The van der Waals surface area contributed by atoms with Crippen LogP contribution < -0.4 is 41.4 Å². The van der Waals surface area contributed by atoms with Gasteiger partial charge in [-0.2, -0.15) is 0 Å². The Labute approximate surface area is 844 Å². The summed E-state index contributed by atoms with van der Waals surface area (Å²) in [6.45, 7) is 13.4. The van der Waals surface area contributed by atoms with Gasteiger partial charge in [0.2, 0.25) is 35.4 Å². The number of benzene rings is 2. The molecule has 0 unspecified atom stereocenters. The van der Waals surface area contributed by atoms with Gasteiger partial charge in [0.15, 0.2) is 17.7 Å². The summed E-state index contributed by atoms with van der Waals surface area (Å²) in [7, 11) is 0. The molecule has 39 nitrogen and oxygen atoms in total. The van der Waals surface area contributed by atoms with Gasteiger partial charge in [-0.05, 0) is 157 Å². The van der Waals surface area contributed by atoms with Crippen LogP contribution in [-0.2, 0) is 116 Å². The van der Waals surface area contributed by atoms with E-state index in [2.05, 4.69) is 41.9 Å². The number of carbonyl (C=O) groups excluding carboxylic acids is 13. The molecule has 0 saturated carbocycles. The fourth-order valence-corrected chi connectivity index (χ4v) is 15.4. The van der Waals surface area contributed by atoms with Crippen molar-refractivity contribution in [2.45, 2.75) is 297 Å². The number of nitrogens with zero attached hydrogens (tertiary/aromatic N) is 1. The number of carbonyl (C=O) groups is 17. The predicted molar refractivity (Wildman–Crippen MR) is 532 cm³/mol. The summed E-state index contributed by atoms with van der Waals surface area (Å²) in [6.07, 6.45) is 18.5. The van der Waals surface area contributed by atoms with Crippen molar-refractivity contribution in [3.05, 3.63) is 77.9 Å². The number of ether oxygens (including phenoxy) is 10. The molecular weight excluding hydrogens is 1860 g/mol. The third kappa shape index (κ3) is 63.1. The first-order valence-electron chi connectivity index (χ1n) is 51.2. The first-order chi connectivity index (χ1) is 68.8. The summed E-state index contributed by atoms with van der Waals surface area (Å²) in [5, 5.41) is 53.8. The molecule has 11 N–H and O–H groups in total. The van der Waals surface area contributed by atoms with E-state index in [9.17, 15) is 91.7 Å². The van der Waals surface area contributed by atoms with E-state index >= 15 is 0 Å². The van der Waals surface area contributed by atoms with Crippen LogP contribution in [0.25, 0.3) is 0 Å². The molecule has 39 heteroatoms. The number of aromatic nitrogens is 2. The summed E-state index contributed by atoms with van der Waals surface area (Å²) in [5.74, 6) is -11.2. The average Bonchev–Trinajstić information content (AvgIpc) is 1.59. The first kappa shape index (κ1) is 126. The molecule has 0 aliphatic heterocycles. The largest absolute Gasteiger partial charge is 0.494 e. The molecule has 2 aromatic carbocycles. The van der Waals surface area contributed by atoms with Crippen LogP contribution in [0.3, 0.4) is 0 Å². The van der Waals surface area contributed by atoms with Gasteiger partial charge in [0.25, 0.3) is 0 Å². The van der Waals surface area contributed by atoms with Crippen molar-refractivity contribution in [1.82, 2.24) is 41.9 Å². The number of hydrogen-bond donors (Lipinski definition) is 11. The van der Waals surface area contributed by atoms with Crippen LogP contribution in [0.15, 0.2) is 61.1 Å². The predicted octanol–water partition coefficient (Wildman–Crippen LogP) is 11.9. The molecule has 1 aromatic heterocycles. The smallest absolute Gasteiger partial charge is 0.335 e. The number of amides is 6. The van der Waals surface area contributed by atoms with Crippen LogP contribution in [0.2, 0.25) is 0 Å². The van der Waals surface area contributed by atoms with Crippen molar-refractivity contribution in [3.63, 3.8) is 0 Å². The number of aromatic carboxylic acids is 2. The van der Waals surface area contributed by atoms with Crippen LogP contribution in [0.5, 0.6) is 11.5 Å². The number of carboxylic acids is 4. The van der Waals surface area contributed by atoms with Crippen molar-refractivity contribution in [2.75, 3.05) is 132 Å². The fourth-order valence-electron chi connectivity index (χ4n) is 15.4. The number of carboxylic acid groups (broad SMARTS) is 4. The van der Waals surface area contributed by atoms with Gasteiger partial charge in [0.05, 0.1) is 82.8 Å². The minimum atomic E-state index is -1.40. The second-order valence-corrected chi connectivity index (χ2v) is 36.4. The summed E-state index contributed by atoms with van der Waals surface area (Å²) < 4.78 is 55.8. The van der Waals surface area contributed by atoms with Crippen LogP contribution >= 0.6 is 0 Å². The summed E-state index contributed by atoms with van der Waals surface area (Å²) in [5.41, 5.74) is 0.868. The normalized spacial score (nSPS) is 12.9. The molecule has 6 amide bonds. The molecule has 0 radical (unpaired) electrons. The van der Waals surface area contributed by atoms with Crippen LogP contribution in [0.1, 0.15) is 302 Å². The summed E-state index contributed by atoms with van der Waals surface area (Å²) in [4.78, 5) is 223. The SMILES string of the molecule is CC[C@H](C(=O)N[C@H](C(=O)O[C@@H](Cc1cnc[nH]1)C(=O)C[C@@H](CCCCNC(=O)COCCOCCCC(=O)COCCOCCNC(=O)CC[C@H](CC(=O)CCCCCCCCCOc1ccc(C(=O)O)cc1)C(=O)O)C(=O)C[C@@H](CCCCNC(=O)COCCCNC(=O)COCCOCCCC(=O)CC[C@H](NC(=O)CCCCCCCCCOc1ccc(C(=O)O)cc1)C(=O)O)C(C)=O)C(C)C)[C@@H](C)CC.[HH].[HH]. The van der Waals surface area contributed by atoms with Gasteiger partial charge in [-0.3, -0.25) is 62.3 Å². The molecule has 0 aliphatic carbocycles. The zero-order chi connectivity index (χ0) is 105. The molecule has 0 spiro atoms. The Morgan fingerprint density at radius 2 is 0.846 bits per heavy atom. The lowest BCUT2D eigenvalue weighted by Gasteiger charge is -2.28. The van der Waals surface area contributed by atoms with E-state index < -0.39 is 83.4 Å². The van der Waals surface area contributed by atoms with E-state index in [-0.39, 0.29) is 286 Å². The molecule has 0 aliphatic rings. The number of aliphatic carboxylic acids is 2. The minimum absolute atomic E-state index is 0. The van der Waals surface area contributed by atoms with Crippen molar-refractivity contribution < 1.29 is 152 Å². The second kappa shape index (κ2) is 79.5. The highest BCUT2D eigenvalue weighted by Gasteiger charge is 2.36. The first-order valence-corrected chi connectivity index (χ1v) is 51.2. The molecule has 0 saturated heterocycles. The quantitative estimate of drug-likeness (QED) is 0.0185. The Kier molecular flexibility index (Phi) is 70.2. The number of imidazole rings is 1. The van der Waals surface area contributed by atoms with Crippen LogP contribution in [0.4, 0.5) is 0 Å². The van der Waals surface area contributed by atoms with Gasteiger partial charge < -0.3 is 105 Å². The second-order valence-electron chi connectivity index (χ2n) is 36.4. The van der Waals surface area contributed by atoms with Gasteiger partial charge in [-0.1, -0.05) is 118 Å². The molecule has 8 atom stereocenters. The number of hydrogen-bond acceptors (Lipinski definition) is 28. The molecular formula is C104H166N8O31.